The summed E-state index contributed by atoms with van der Waals surface area (Å²) in [5.41, 5.74) is 2.75. The quantitative estimate of drug-likeness (QED) is 0.854. The van der Waals surface area contributed by atoms with Gasteiger partial charge in [0.1, 0.15) is 0 Å². The van der Waals surface area contributed by atoms with Gasteiger partial charge >= 0.3 is 0 Å². The lowest BCUT2D eigenvalue weighted by molar-refractivity contribution is 0.542. The molecule has 1 unspecified atom stereocenters. The molecule has 0 fully saturated rings. The number of hydrogen-bond donors (Lipinski definition) is 1. The molecular weight excluding hydrogens is 210 g/mol. The lowest BCUT2D eigenvalue weighted by Gasteiger charge is -2.25. The third-order valence-corrected chi connectivity index (χ3v) is 3.47. The predicted octanol–water partition coefficient (Wildman–Crippen LogP) is 3.00. The highest BCUT2D eigenvalue weighted by Crippen LogP contribution is 2.27. The first-order valence-corrected chi connectivity index (χ1v) is 6.23. The average Bonchev–Trinajstić information content (AvgIpc) is 2.86. The average molecular weight is 227 g/mol. The van der Waals surface area contributed by atoms with Crippen molar-refractivity contribution in [2.75, 3.05) is 5.32 Å². The van der Waals surface area contributed by atoms with Crippen LogP contribution in [-0.2, 0) is 13.0 Å². The second-order valence-electron chi connectivity index (χ2n) is 4.52. The zero-order valence-corrected chi connectivity index (χ0v) is 10.1. The Kier molecular flexibility index (Phi) is 2.59. The topological polar surface area (TPSA) is 29.9 Å². The fourth-order valence-electron chi connectivity index (χ4n) is 2.36. The van der Waals surface area contributed by atoms with E-state index in [9.17, 15) is 0 Å². The molecule has 3 rings (SSSR count). The number of rotatable bonds is 2. The standard InChI is InChI=1S/C14H17N3/c1-2-11-3-5-12(6-4-11)13-7-9-17-10-8-15-14(17)16-13/h3-6,8,10,13H,2,7,9H2,1H3,(H,15,16). The predicted molar refractivity (Wildman–Crippen MR) is 69.0 cm³/mol. The minimum Gasteiger partial charge on any atom is -0.349 e. The van der Waals surface area contributed by atoms with Crippen LogP contribution < -0.4 is 5.32 Å². The molecule has 0 saturated heterocycles. The van der Waals surface area contributed by atoms with E-state index in [-0.39, 0.29) is 0 Å². The van der Waals surface area contributed by atoms with Gasteiger partial charge in [0.2, 0.25) is 5.95 Å². The summed E-state index contributed by atoms with van der Waals surface area (Å²) in [4.78, 5) is 4.32. The summed E-state index contributed by atoms with van der Waals surface area (Å²) >= 11 is 0. The van der Waals surface area contributed by atoms with Crippen LogP contribution in [0.1, 0.15) is 30.5 Å². The van der Waals surface area contributed by atoms with Gasteiger partial charge in [-0.1, -0.05) is 31.2 Å². The lowest BCUT2D eigenvalue weighted by Crippen LogP contribution is -2.21. The number of hydrogen-bond acceptors (Lipinski definition) is 2. The summed E-state index contributed by atoms with van der Waals surface area (Å²) in [6.45, 7) is 3.23. The highest BCUT2D eigenvalue weighted by molar-refractivity contribution is 5.36. The highest BCUT2D eigenvalue weighted by Gasteiger charge is 2.18. The summed E-state index contributed by atoms with van der Waals surface area (Å²) in [7, 11) is 0. The molecule has 1 aromatic heterocycles. The highest BCUT2D eigenvalue weighted by atomic mass is 15.2. The number of nitrogens with zero attached hydrogens (tertiary/aromatic N) is 2. The maximum Gasteiger partial charge on any atom is 0.203 e. The summed E-state index contributed by atoms with van der Waals surface area (Å²) in [6, 6.07) is 9.30. The Morgan fingerprint density at radius 2 is 2.18 bits per heavy atom. The van der Waals surface area contributed by atoms with Gasteiger partial charge in [0.05, 0.1) is 6.04 Å². The van der Waals surface area contributed by atoms with Crippen LogP contribution in [0.15, 0.2) is 36.7 Å². The molecule has 88 valence electrons. The van der Waals surface area contributed by atoms with Gasteiger partial charge in [0.15, 0.2) is 0 Å². The van der Waals surface area contributed by atoms with E-state index in [1.807, 2.05) is 12.4 Å². The SMILES string of the molecule is CCc1ccc(C2CCn3ccnc3N2)cc1. The molecule has 0 saturated carbocycles. The van der Waals surface area contributed by atoms with E-state index in [2.05, 4.69) is 46.1 Å². The monoisotopic (exact) mass is 227 g/mol. The third kappa shape index (κ3) is 1.93. The van der Waals surface area contributed by atoms with E-state index in [0.29, 0.717) is 6.04 Å². The Bertz CT molecular complexity index is 498. The molecule has 2 aromatic rings. The van der Waals surface area contributed by atoms with Crippen molar-refractivity contribution in [3.05, 3.63) is 47.8 Å². The fraction of sp³-hybridized carbons (Fsp3) is 0.357. The molecule has 3 heteroatoms. The summed E-state index contributed by atoms with van der Waals surface area (Å²) < 4.78 is 2.16. The molecule has 3 nitrogen and oxygen atoms in total. The first kappa shape index (κ1) is 10.4. The van der Waals surface area contributed by atoms with Crippen LogP contribution in [0.2, 0.25) is 0 Å². The molecule has 0 bridgehead atoms. The van der Waals surface area contributed by atoms with Gasteiger partial charge in [-0.2, -0.15) is 0 Å². The Morgan fingerprint density at radius 1 is 1.35 bits per heavy atom. The van der Waals surface area contributed by atoms with Crippen molar-refractivity contribution >= 4 is 5.95 Å². The Morgan fingerprint density at radius 3 is 2.94 bits per heavy atom. The van der Waals surface area contributed by atoms with Crippen LogP contribution >= 0.6 is 0 Å². The molecule has 2 heterocycles. The van der Waals surface area contributed by atoms with Crippen molar-refractivity contribution in [3.8, 4) is 0 Å². The van der Waals surface area contributed by atoms with Crippen LogP contribution in [0.25, 0.3) is 0 Å². The maximum atomic E-state index is 4.32. The first-order valence-electron chi connectivity index (χ1n) is 6.23. The number of aromatic nitrogens is 2. The van der Waals surface area contributed by atoms with Gasteiger partial charge in [-0.25, -0.2) is 4.98 Å². The lowest BCUT2D eigenvalue weighted by atomic mass is 10.0. The second-order valence-corrected chi connectivity index (χ2v) is 4.52. The maximum absolute atomic E-state index is 4.32. The summed E-state index contributed by atoms with van der Waals surface area (Å²) in [5.74, 6) is 0.987. The van der Waals surface area contributed by atoms with Crippen molar-refractivity contribution in [2.24, 2.45) is 0 Å². The molecular formula is C14H17N3. The van der Waals surface area contributed by atoms with Crippen molar-refractivity contribution in [2.45, 2.75) is 32.4 Å². The number of benzene rings is 1. The number of aryl methyl sites for hydroxylation is 2. The van der Waals surface area contributed by atoms with Crippen LogP contribution in [0.3, 0.4) is 0 Å². The molecule has 1 N–H and O–H groups in total. The van der Waals surface area contributed by atoms with Crippen LogP contribution in [0, 0.1) is 0 Å². The van der Waals surface area contributed by atoms with Crippen molar-refractivity contribution in [1.82, 2.24) is 9.55 Å². The fourth-order valence-corrected chi connectivity index (χ4v) is 2.36. The van der Waals surface area contributed by atoms with Gasteiger partial charge in [0.25, 0.3) is 0 Å². The summed E-state index contributed by atoms with van der Waals surface area (Å²) in [5, 5.41) is 3.48. The number of nitrogens with one attached hydrogen (secondary N) is 1. The number of anilines is 1. The van der Waals surface area contributed by atoms with Crippen molar-refractivity contribution in [1.29, 1.82) is 0 Å². The zero-order valence-electron chi connectivity index (χ0n) is 10.1. The molecule has 17 heavy (non-hydrogen) atoms. The minimum atomic E-state index is 0.399. The molecule has 1 aromatic carbocycles. The molecule has 0 amide bonds. The van der Waals surface area contributed by atoms with Gasteiger partial charge in [-0.3, -0.25) is 0 Å². The van der Waals surface area contributed by atoms with Gasteiger partial charge in [-0.15, -0.1) is 0 Å². The van der Waals surface area contributed by atoms with E-state index >= 15 is 0 Å². The van der Waals surface area contributed by atoms with E-state index in [0.717, 1.165) is 25.3 Å². The number of imidazole rings is 1. The molecule has 1 aliphatic heterocycles. The normalized spacial score (nSPS) is 18.5. The van der Waals surface area contributed by atoms with Crippen molar-refractivity contribution in [3.63, 3.8) is 0 Å². The molecule has 0 radical (unpaired) electrons. The van der Waals surface area contributed by atoms with E-state index in [1.54, 1.807) is 0 Å². The molecule has 1 atom stereocenters. The van der Waals surface area contributed by atoms with Crippen LogP contribution in [0.4, 0.5) is 5.95 Å². The van der Waals surface area contributed by atoms with Crippen LogP contribution in [-0.4, -0.2) is 9.55 Å². The largest absolute Gasteiger partial charge is 0.349 e. The van der Waals surface area contributed by atoms with Crippen LogP contribution in [0.5, 0.6) is 0 Å². The first-order chi connectivity index (χ1) is 8.36. The Hall–Kier alpha value is -1.77. The van der Waals surface area contributed by atoms with Gasteiger partial charge in [-0.05, 0) is 24.0 Å². The Labute approximate surface area is 101 Å². The zero-order chi connectivity index (χ0) is 11.7. The number of fused-ring (bicyclic) bond motifs is 1. The molecule has 0 spiro atoms. The second kappa shape index (κ2) is 4.24. The molecule has 1 aliphatic rings. The van der Waals surface area contributed by atoms with E-state index in [1.165, 1.54) is 11.1 Å². The van der Waals surface area contributed by atoms with Gasteiger partial charge in [0, 0.05) is 18.9 Å². The summed E-state index contributed by atoms with van der Waals surface area (Å²) in [6.07, 6.45) is 6.10. The third-order valence-electron chi connectivity index (χ3n) is 3.47. The molecule has 0 aliphatic carbocycles. The van der Waals surface area contributed by atoms with Gasteiger partial charge < -0.3 is 9.88 Å². The Balaban J connectivity index is 1.81. The van der Waals surface area contributed by atoms with E-state index in [4.69, 9.17) is 0 Å². The van der Waals surface area contributed by atoms with E-state index < -0.39 is 0 Å². The smallest absolute Gasteiger partial charge is 0.203 e. The minimum absolute atomic E-state index is 0.399. The van der Waals surface area contributed by atoms with Crippen molar-refractivity contribution < 1.29 is 0 Å².